The molecule has 0 aliphatic carbocycles. The number of hydrogen-bond donors (Lipinski definition) is 1. The third-order valence-corrected chi connectivity index (χ3v) is 4.23. The molecule has 1 fully saturated rings. The molecule has 1 unspecified atom stereocenters. The number of piperidine rings is 1. The lowest BCUT2D eigenvalue weighted by molar-refractivity contribution is 0.109. The first-order valence-electron chi connectivity index (χ1n) is 8.28. The van der Waals surface area contributed by atoms with Gasteiger partial charge in [-0.1, -0.05) is 6.42 Å². The largest absolute Gasteiger partial charge is 0.324 e. The van der Waals surface area contributed by atoms with Crippen LogP contribution in [-0.2, 0) is 0 Å². The Balaban J connectivity index is 1.87. The van der Waals surface area contributed by atoms with Crippen molar-refractivity contribution >= 4 is 11.6 Å². The molecule has 122 valence electrons. The maximum absolute atomic E-state index is 4.70. The van der Waals surface area contributed by atoms with Gasteiger partial charge in [0, 0.05) is 24.5 Å². The van der Waals surface area contributed by atoms with Crippen molar-refractivity contribution in [3.63, 3.8) is 0 Å². The van der Waals surface area contributed by atoms with Gasteiger partial charge in [-0.2, -0.15) is 0 Å². The van der Waals surface area contributed by atoms with Crippen LogP contribution in [0.3, 0.4) is 0 Å². The van der Waals surface area contributed by atoms with Gasteiger partial charge in [-0.05, 0) is 40.2 Å². The molecule has 3 rings (SSSR count). The normalized spacial score (nSPS) is 19.0. The highest BCUT2D eigenvalue weighted by Gasteiger charge is 2.27. The molecule has 1 saturated heterocycles. The number of hydrogen-bond acceptors (Lipinski definition) is 6. The predicted molar refractivity (Wildman–Crippen MR) is 90.5 cm³/mol. The Kier molecular flexibility index (Phi) is 4.81. The average molecular weight is 312 g/mol. The van der Waals surface area contributed by atoms with Crippen LogP contribution in [-0.4, -0.2) is 37.4 Å². The molecule has 6 heteroatoms. The summed E-state index contributed by atoms with van der Waals surface area (Å²) in [5, 5.41) is 3.23. The van der Waals surface area contributed by atoms with E-state index in [0.717, 1.165) is 30.3 Å². The van der Waals surface area contributed by atoms with Gasteiger partial charge in [0.25, 0.3) is 0 Å². The van der Waals surface area contributed by atoms with E-state index in [0.29, 0.717) is 17.9 Å². The maximum atomic E-state index is 4.70. The fourth-order valence-corrected chi connectivity index (χ4v) is 3.21. The van der Waals surface area contributed by atoms with Crippen molar-refractivity contribution in [3.05, 3.63) is 36.2 Å². The van der Waals surface area contributed by atoms with Crippen molar-refractivity contribution in [1.29, 1.82) is 0 Å². The summed E-state index contributed by atoms with van der Waals surface area (Å²) in [5.74, 6) is 2.26. The van der Waals surface area contributed by atoms with E-state index in [1.165, 1.54) is 12.8 Å². The van der Waals surface area contributed by atoms with Gasteiger partial charge in [0.15, 0.2) is 0 Å². The lowest BCUT2D eigenvalue weighted by Crippen LogP contribution is -2.39. The molecule has 0 aromatic carbocycles. The highest BCUT2D eigenvalue weighted by atomic mass is 15.2. The van der Waals surface area contributed by atoms with Crippen LogP contribution in [0.25, 0.3) is 0 Å². The standard InChI is InChI=1S/C17H24N6/c1-12(2)23-9-5-4-6-15(23)14-10-16(21-13(3)20-14)22-17-11-18-7-8-19-17/h7-8,10-12,15H,4-6,9H2,1-3H3,(H,19,20,21,22). The van der Waals surface area contributed by atoms with Crippen molar-refractivity contribution in [2.45, 2.75) is 52.1 Å². The molecule has 0 spiro atoms. The first-order chi connectivity index (χ1) is 11.1. The van der Waals surface area contributed by atoms with Crippen LogP contribution in [0, 0.1) is 6.92 Å². The van der Waals surface area contributed by atoms with Crippen LogP contribution in [0.2, 0.25) is 0 Å². The van der Waals surface area contributed by atoms with Gasteiger partial charge >= 0.3 is 0 Å². The molecule has 0 amide bonds. The second-order valence-corrected chi connectivity index (χ2v) is 6.28. The van der Waals surface area contributed by atoms with E-state index < -0.39 is 0 Å². The number of aromatic nitrogens is 4. The molecule has 0 bridgehead atoms. The van der Waals surface area contributed by atoms with E-state index in [1.54, 1.807) is 18.6 Å². The first kappa shape index (κ1) is 15.8. The smallest absolute Gasteiger partial charge is 0.150 e. The Morgan fingerprint density at radius 3 is 2.78 bits per heavy atom. The fourth-order valence-electron chi connectivity index (χ4n) is 3.21. The van der Waals surface area contributed by atoms with Crippen LogP contribution in [0.15, 0.2) is 24.7 Å². The summed E-state index contributed by atoms with van der Waals surface area (Å²) in [4.78, 5) is 20.0. The minimum atomic E-state index is 0.368. The number of rotatable bonds is 4. The van der Waals surface area contributed by atoms with Crippen molar-refractivity contribution in [1.82, 2.24) is 24.8 Å². The highest BCUT2D eigenvalue weighted by Crippen LogP contribution is 2.32. The lowest BCUT2D eigenvalue weighted by atomic mass is 9.97. The molecule has 6 nitrogen and oxygen atoms in total. The van der Waals surface area contributed by atoms with E-state index in [9.17, 15) is 0 Å². The van der Waals surface area contributed by atoms with Gasteiger partial charge in [-0.25, -0.2) is 15.0 Å². The molecule has 3 heterocycles. The summed E-state index contributed by atoms with van der Waals surface area (Å²) < 4.78 is 0. The fraction of sp³-hybridized carbons (Fsp3) is 0.529. The third-order valence-electron chi connectivity index (χ3n) is 4.23. The zero-order chi connectivity index (χ0) is 16.2. The van der Waals surface area contributed by atoms with Crippen molar-refractivity contribution in [2.24, 2.45) is 0 Å². The number of likely N-dealkylation sites (tertiary alicyclic amines) is 1. The van der Waals surface area contributed by atoms with Gasteiger partial charge in [0.05, 0.1) is 17.9 Å². The van der Waals surface area contributed by atoms with Crippen LogP contribution < -0.4 is 5.32 Å². The Labute approximate surface area is 137 Å². The first-order valence-corrected chi connectivity index (χ1v) is 8.28. The molecule has 2 aromatic rings. The Morgan fingerprint density at radius 2 is 2.04 bits per heavy atom. The van der Waals surface area contributed by atoms with E-state index in [4.69, 9.17) is 4.98 Å². The van der Waals surface area contributed by atoms with Crippen LogP contribution in [0.1, 0.15) is 50.7 Å². The van der Waals surface area contributed by atoms with Crippen LogP contribution in [0.5, 0.6) is 0 Å². The van der Waals surface area contributed by atoms with Crippen LogP contribution in [0.4, 0.5) is 11.6 Å². The van der Waals surface area contributed by atoms with Crippen LogP contribution >= 0.6 is 0 Å². The van der Waals surface area contributed by atoms with Crippen molar-refractivity contribution in [2.75, 3.05) is 11.9 Å². The summed E-state index contributed by atoms with van der Waals surface area (Å²) in [7, 11) is 0. The number of aryl methyl sites for hydroxylation is 1. The topological polar surface area (TPSA) is 66.8 Å². The molecular weight excluding hydrogens is 288 g/mol. The summed E-state index contributed by atoms with van der Waals surface area (Å²) >= 11 is 0. The van der Waals surface area contributed by atoms with Gasteiger partial charge in [0.2, 0.25) is 0 Å². The summed E-state index contributed by atoms with van der Waals surface area (Å²) in [6, 6.07) is 2.94. The molecule has 1 atom stereocenters. The van der Waals surface area contributed by atoms with E-state index in [2.05, 4.69) is 39.0 Å². The zero-order valence-electron chi connectivity index (χ0n) is 14.0. The second-order valence-electron chi connectivity index (χ2n) is 6.28. The molecule has 0 saturated carbocycles. The molecule has 23 heavy (non-hydrogen) atoms. The minimum absolute atomic E-state index is 0.368. The summed E-state index contributed by atoms with van der Waals surface area (Å²) in [6.07, 6.45) is 8.69. The van der Waals surface area contributed by atoms with Gasteiger partial charge in [-0.15, -0.1) is 0 Å². The summed E-state index contributed by atoms with van der Waals surface area (Å²) in [6.45, 7) is 7.59. The lowest BCUT2D eigenvalue weighted by Gasteiger charge is -2.38. The Hall–Kier alpha value is -2.08. The van der Waals surface area contributed by atoms with Crippen molar-refractivity contribution in [3.8, 4) is 0 Å². The van der Waals surface area contributed by atoms with Gasteiger partial charge in [0.1, 0.15) is 17.5 Å². The Morgan fingerprint density at radius 1 is 1.17 bits per heavy atom. The number of nitrogens with one attached hydrogen (secondary N) is 1. The maximum Gasteiger partial charge on any atom is 0.150 e. The van der Waals surface area contributed by atoms with E-state index >= 15 is 0 Å². The molecule has 0 radical (unpaired) electrons. The molecule has 2 aromatic heterocycles. The molecule has 1 N–H and O–H groups in total. The SMILES string of the molecule is Cc1nc(Nc2cnccn2)cc(C2CCCCN2C(C)C)n1. The number of nitrogens with zero attached hydrogens (tertiary/aromatic N) is 5. The van der Waals surface area contributed by atoms with Gasteiger partial charge < -0.3 is 5.32 Å². The summed E-state index contributed by atoms with van der Waals surface area (Å²) in [5.41, 5.74) is 1.09. The van der Waals surface area contributed by atoms with Crippen molar-refractivity contribution < 1.29 is 0 Å². The minimum Gasteiger partial charge on any atom is -0.324 e. The molecule has 1 aliphatic heterocycles. The highest BCUT2D eigenvalue weighted by molar-refractivity contribution is 5.50. The van der Waals surface area contributed by atoms with E-state index in [-0.39, 0.29) is 0 Å². The average Bonchev–Trinajstić information content (AvgIpc) is 2.55. The quantitative estimate of drug-likeness (QED) is 0.934. The zero-order valence-corrected chi connectivity index (χ0v) is 14.0. The predicted octanol–water partition coefficient (Wildman–Crippen LogP) is 3.25. The van der Waals surface area contributed by atoms with E-state index in [1.807, 2.05) is 13.0 Å². The third kappa shape index (κ3) is 3.82. The Bertz CT molecular complexity index is 643. The second kappa shape index (κ2) is 7.00. The molecule has 1 aliphatic rings. The monoisotopic (exact) mass is 312 g/mol. The van der Waals surface area contributed by atoms with Gasteiger partial charge in [-0.3, -0.25) is 9.88 Å². The number of anilines is 2. The molecular formula is C17H24N6.